The second kappa shape index (κ2) is 3.22. The fourth-order valence-corrected chi connectivity index (χ4v) is 1.31. The van der Waals surface area contributed by atoms with Crippen LogP contribution in [-0.2, 0) is 13.6 Å². The Labute approximate surface area is 79.4 Å². The predicted molar refractivity (Wildman–Crippen MR) is 49.9 cm³/mol. The summed E-state index contributed by atoms with van der Waals surface area (Å²) >= 11 is 0. The molecule has 0 unspecified atom stereocenters. The van der Waals surface area contributed by atoms with Crippen molar-refractivity contribution in [3.63, 3.8) is 0 Å². The quantitative estimate of drug-likeness (QED) is 0.674. The van der Waals surface area contributed by atoms with Gasteiger partial charge in [0.2, 0.25) is 0 Å². The van der Waals surface area contributed by atoms with E-state index in [0.717, 1.165) is 0 Å². The molecule has 1 N–H and O–H groups in total. The van der Waals surface area contributed by atoms with Gasteiger partial charge in [0.05, 0.1) is 25.7 Å². The summed E-state index contributed by atoms with van der Waals surface area (Å²) in [6.07, 6.45) is 2.92. The molecule has 0 aliphatic heterocycles. The summed E-state index contributed by atoms with van der Waals surface area (Å²) in [5.74, 6) is 0. The molecule has 0 aliphatic rings. The number of fused-ring (bicyclic) bond motifs is 1. The number of aryl methyl sites for hydroxylation is 1. The van der Waals surface area contributed by atoms with Gasteiger partial charge in [-0.1, -0.05) is 0 Å². The zero-order chi connectivity index (χ0) is 10.1. The Morgan fingerprint density at radius 3 is 3.07 bits per heavy atom. The summed E-state index contributed by atoms with van der Waals surface area (Å²) in [6, 6.07) is 0. The van der Waals surface area contributed by atoms with Crippen LogP contribution in [0.4, 0.5) is 0 Å². The smallest absolute Gasteiger partial charge is 0.264 e. The summed E-state index contributed by atoms with van der Waals surface area (Å²) in [4.78, 5) is 15.6. The van der Waals surface area contributed by atoms with Crippen molar-refractivity contribution in [1.82, 2.24) is 19.3 Å². The SMILES string of the molecule is Cn1cnc2c(cnn2CCO)c1=O. The van der Waals surface area contributed by atoms with Gasteiger partial charge in [-0.3, -0.25) is 4.79 Å². The van der Waals surface area contributed by atoms with Gasteiger partial charge in [-0.25, -0.2) is 9.67 Å². The molecule has 0 aliphatic carbocycles. The molecule has 14 heavy (non-hydrogen) atoms. The number of aromatic nitrogens is 4. The van der Waals surface area contributed by atoms with E-state index in [1.807, 2.05) is 0 Å². The Morgan fingerprint density at radius 1 is 1.57 bits per heavy atom. The van der Waals surface area contributed by atoms with Gasteiger partial charge < -0.3 is 9.67 Å². The van der Waals surface area contributed by atoms with Gasteiger partial charge in [0.15, 0.2) is 5.65 Å². The minimum atomic E-state index is -0.126. The topological polar surface area (TPSA) is 72.9 Å². The normalized spacial score (nSPS) is 11.0. The molecule has 0 atom stereocenters. The summed E-state index contributed by atoms with van der Waals surface area (Å²) in [7, 11) is 1.64. The van der Waals surface area contributed by atoms with Crippen LogP contribution in [0, 0.1) is 0 Å². The monoisotopic (exact) mass is 194 g/mol. The van der Waals surface area contributed by atoms with E-state index in [4.69, 9.17) is 5.11 Å². The van der Waals surface area contributed by atoms with Crippen LogP contribution in [0.2, 0.25) is 0 Å². The van der Waals surface area contributed by atoms with Crippen LogP contribution < -0.4 is 5.56 Å². The molecule has 0 bridgehead atoms. The van der Waals surface area contributed by atoms with Gasteiger partial charge in [0.1, 0.15) is 5.39 Å². The fraction of sp³-hybridized carbons (Fsp3) is 0.375. The summed E-state index contributed by atoms with van der Waals surface area (Å²) in [5.41, 5.74) is 0.390. The fourth-order valence-electron chi connectivity index (χ4n) is 1.31. The molecule has 0 amide bonds. The molecule has 0 aromatic carbocycles. The third-order valence-corrected chi connectivity index (χ3v) is 2.03. The van der Waals surface area contributed by atoms with Crippen LogP contribution in [0.3, 0.4) is 0 Å². The Bertz CT molecular complexity index is 514. The number of nitrogens with zero attached hydrogens (tertiary/aromatic N) is 4. The third kappa shape index (κ3) is 1.20. The molecular formula is C8H10N4O2. The number of hydrogen-bond donors (Lipinski definition) is 1. The van der Waals surface area contributed by atoms with Crippen LogP contribution in [0.1, 0.15) is 0 Å². The van der Waals surface area contributed by atoms with E-state index < -0.39 is 0 Å². The van der Waals surface area contributed by atoms with E-state index in [9.17, 15) is 4.79 Å². The first-order valence-electron chi connectivity index (χ1n) is 4.22. The number of hydrogen-bond acceptors (Lipinski definition) is 4. The van der Waals surface area contributed by atoms with E-state index in [1.54, 1.807) is 7.05 Å². The highest BCUT2D eigenvalue weighted by Crippen LogP contribution is 2.03. The predicted octanol–water partition coefficient (Wildman–Crippen LogP) is -0.878. The lowest BCUT2D eigenvalue weighted by Crippen LogP contribution is -2.17. The van der Waals surface area contributed by atoms with Crippen LogP contribution in [0.25, 0.3) is 11.0 Å². The molecule has 0 saturated carbocycles. The number of aliphatic hydroxyl groups excluding tert-OH is 1. The highest BCUT2D eigenvalue weighted by molar-refractivity contribution is 5.72. The zero-order valence-electron chi connectivity index (χ0n) is 7.71. The van der Waals surface area contributed by atoms with E-state index in [1.165, 1.54) is 21.8 Å². The third-order valence-electron chi connectivity index (χ3n) is 2.03. The van der Waals surface area contributed by atoms with Crippen molar-refractivity contribution >= 4 is 11.0 Å². The molecule has 2 aromatic rings. The molecule has 0 fully saturated rings. The van der Waals surface area contributed by atoms with Gasteiger partial charge in [-0.15, -0.1) is 0 Å². The number of aliphatic hydroxyl groups is 1. The maximum Gasteiger partial charge on any atom is 0.264 e. The molecule has 0 saturated heterocycles. The molecular weight excluding hydrogens is 184 g/mol. The standard InChI is InChI=1S/C8H10N4O2/c1-11-5-9-7-6(8(11)14)4-10-12(7)2-3-13/h4-5,13H,2-3H2,1H3. The van der Waals surface area contributed by atoms with Gasteiger partial charge in [-0.2, -0.15) is 5.10 Å². The largest absolute Gasteiger partial charge is 0.394 e. The van der Waals surface area contributed by atoms with Crippen molar-refractivity contribution in [2.45, 2.75) is 6.54 Å². The lowest BCUT2D eigenvalue weighted by atomic mass is 10.4. The average molecular weight is 194 g/mol. The Kier molecular flexibility index (Phi) is 2.05. The second-order valence-corrected chi connectivity index (χ2v) is 2.99. The van der Waals surface area contributed by atoms with E-state index in [2.05, 4.69) is 10.1 Å². The van der Waals surface area contributed by atoms with Crippen molar-refractivity contribution in [3.05, 3.63) is 22.9 Å². The Morgan fingerprint density at radius 2 is 2.36 bits per heavy atom. The van der Waals surface area contributed by atoms with Gasteiger partial charge in [-0.05, 0) is 0 Å². The summed E-state index contributed by atoms with van der Waals surface area (Å²) < 4.78 is 2.91. The van der Waals surface area contributed by atoms with Crippen molar-refractivity contribution in [2.75, 3.05) is 6.61 Å². The maximum atomic E-state index is 11.6. The van der Waals surface area contributed by atoms with Crippen molar-refractivity contribution in [1.29, 1.82) is 0 Å². The first kappa shape index (κ1) is 8.89. The Balaban J connectivity index is 2.71. The lowest BCUT2D eigenvalue weighted by Gasteiger charge is -1.99. The van der Waals surface area contributed by atoms with Crippen LogP contribution in [0.5, 0.6) is 0 Å². The molecule has 0 spiro atoms. The van der Waals surface area contributed by atoms with Crippen LogP contribution in [0.15, 0.2) is 17.3 Å². The average Bonchev–Trinajstić information content (AvgIpc) is 2.57. The Hall–Kier alpha value is -1.69. The molecule has 6 nitrogen and oxygen atoms in total. The zero-order valence-corrected chi connectivity index (χ0v) is 7.71. The minimum absolute atomic E-state index is 0.0202. The molecule has 2 rings (SSSR count). The summed E-state index contributed by atoms with van der Waals surface area (Å²) in [6.45, 7) is 0.331. The highest BCUT2D eigenvalue weighted by atomic mass is 16.3. The minimum Gasteiger partial charge on any atom is -0.394 e. The lowest BCUT2D eigenvalue weighted by molar-refractivity contribution is 0.271. The van der Waals surface area contributed by atoms with Crippen LogP contribution in [-0.4, -0.2) is 31.0 Å². The van der Waals surface area contributed by atoms with Gasteiger partial charge in [0, 0.05) is 7.05 Å². The molecule has 0 radical (unpaired) electrons. The first-order valence-corrected chi connectivity index (χ1v) is 4.22. The van der Waals surface area contributed by atoms with E-state index in [-0.39, 0.29) is 12.2 Å². The maximum absolute atomic E-state index is 11.6. The van der Waals surface area contributed by atoms with Crippen molar-refractivity contribution in [2.24, 2.45) is 7.05 Å². The van der Waals surface area contributed by atoms with Crippen molar-refractivity contribution < 1.29 is 5.11 Å². The van der Waals surface area contributed by atoms with E-state index in [0.29, 0.717) is 17.6 Å². The highest BCUT2D eigenvalue weighted by Gasteiger charge is 2.07. The van der Waals surface area contributed by atoms with Gasteiger partial charge in [0.25, 0.3) is 5.56 Å². The molecule has 6 heteroatoms. The van der Waals surface area contributed by atoms with Gasteiger partial charge >= 0.3 is 0 Å². The first-order chi connectivity index (χ1) is 6.74. The molecule has 74 valence electrons. The summed E-state index contributed by atoms with van der Waals surface area (Å²) in [5, 5.41) is 13.2. The van der Waals surface area contributed by atoms with Crippen molar-refractivity contribution in [3.8, 4) is 0 Å². The molecule has 2 heterocycles. The molecule has 2 aromatic heterocycles. The van der Waals surface area contributed by atoms with E-state index >= 15 is 0 Å². The number of rotatable bonds is 2. The van der Waals surface area contributed by atoms with Crippen LogP contribution >= 0.6 is 0 Å². The second-order valence-electron chi connectivity index (χ2n) is 2.99.